The Morgan fingerprint density at radius 1 is 0.889 bits per heavy atom. The number of aryl methyl sites for hydroxylation is 1. The molecule has 0 saturated carbocycles. The Bertz CT molecular complexity index is 2080. The van der Waals surface area contributed by atoms with Crippen LogP contribution in [0.3, 0.4) is 0 Å². The first kappa shape index (κ1) is 29.8. The van der Waals surface area contributed by atoms with E-state index in [-0.39, 0.29) is 10.8 Å². The maximum absolute atomic E-state index is 14.0. The third kappa shape index (κ3) is 5.60. The molecule has 9 nitrogen and oxygen atoms in total. The molecule has 0 bridgehead atoms. The van der Waals surface area contributed by atoms with Crippen LogP contribution >= 0.6 is 0 Å². The minimum Gasteiger partial charge on any atom is -0.465 e. The zero-order valence-corrected chi connectivity index (χ0v) is 26.0. The summed E-state index contributed by atoms with van der Waals surface area (Å²) in [4.78, 5) is 31.6. The van der Waals surface area contributed by atoms with Gasteiger partial charge in [-0.2, -0.15) is 0 Å². The highest BCUT2D eigenvalue weighted by atomic mass is 32.2. The molecule has 0 atom stereocenters. The molecule has 1 N–H and O–H groups in total. The Balaban J connectivity index is 1.46. The number of allylic oxidation sites excluding steroid dienone is 1. The summed E-state index contributed by atoms with van der Waals surface area (Å²) < 4.78 is 29.2. The van der Waals surface area contributed by atoms with Gasteiger partial charge in [-0.15, -0.1) is 0 Å². The fourth-order valence-electron chi connectivity index (χ4n) is 5.66. The lowest BCUT2D eigenvalue weighted by Gasteiger charge is -2.22. The highest BCUT2D eigenvalue weighted by molar-refractivity contribution is 7.90. The van der Waals surface area contributed by atoms with Crippen LogP contribution in [0.25, 0.3) is 38.9 Å². The molecule has 0 saturated heterocycles. The van der Waals surface area contributed by atoms with Crippen LogP contribution in [0.2, 0.25) is 0 Å². The van der Waals surface area contributed by atoms with Crippen LogP contribution in [0.5, 0.6) is 0 Å². The van der Waals surface area contributed by atoms with E-state index in [4.69, 9.17) is 0 Å². The van der Waals surface area contributed by atoms with Gasteiger partial charge in [0.1, 0.15) is 0 Å². The van der Waals surface area contributed by atoms with Crippen LogP contribution in [0.15, 0.2) is 102 Å². The van der Waals surface area contributed by atoms with Crippen LogP contribution in [0, 0.1) is 6.92 Å². The second kappa shape index (κ2) is 11.7. The Morgan fingerprint density at radius 2 is 1.56 bits per heavy atom. The monoisotopic (exact) mass is 620 g/mol. The molecular weight excluding hydrogens is 588 g/mol. The first-order valence-corrected chi connectivity index (χ1v) is 15.9. The number of aromatic nitrogens is 2. The van der Waals surface area contributed by atoms with E-state index in [2.05, 4.69) is 4.98 Å². The van der Waals surface area contributed by atoms with Crippen molar-refractivity contribution >= 4 is 38.6 Å². The molecule has 10 heteroatoms. The molecule has 228 valence electrons. The normalized spacial score (nSPS) is 13.5. The van der Waals surface area contributed by atoms with Crippen LogP contribution in [-0.4, -0.2) is 64.9 Å². The number of pyridine rings is 1. The summed E-state index contributed by atoms with van der Waals surface area (Å²) in [6.07, 6.45) is 5.54. The predicted octanol–water partition coefficient (Wildman–Crippen LogP) is 6.73. The average Bonchev–Trinajstić information content (AvgIpc) is 3.44. The Morgan fingerprint density at radius 3 is 2.22 bits per heavy atom. The van der Waals surface area contributed by atoms with E-state index in [0.29, 0.717) is 34.3 Å². The number of carbonyl (C=O) groups excluding carboxylic acids is 1. The quantitative estimate of drug-likeness (QED) is 0.225. The molecule has 3 heterocycles. The second-order valence-corrected chi connectivity index (χ2v) is 13.1. The smallest absolute Gasteiger partial charge is 0.411 e. The fourth-order valence-corrected chi connectivity index (χ4v) is 7.21. The van der Waals surface area contributed by atoms with Gasteiger partial charge in [0, 0.05) is 61.3 Å². The average molecular weight is 621 g/mol. The topological polar surface area (TPSA) is 113 Å². The van der Waals surface area contributed by atoms with E-state index in [9.17, 15) is 23.1 Å². The third-order valence-corrected chi connectivity index (χ3v) is 9.89. The standard InChI is InChI=1S/C35H32N4O5S/c1-23-7-4-5-9-32(23)45(43,44)39-22-31(26-14-16-27(17-15-26)34(40)37(2)3)30-19-29(20-36-33(30)39)25-12-10-24(11-13-25)28-8-6-18-38(21-28)35(41)42/h4-5,7,9-17,19-22H,6,8,18H2,1-3H3,(H,41,42). The molecule has 0 fully saturated rings. The van der Waals surface area contributed by atoms with E-state index in [1.165, 1.54) is 13.8 Å². The van der Waals surface area contributed by atoms with Crippen molar-refractivity contribution < 1.29 is 23.1 Å². The number of fused-ring (bicyclic) bond motifs is 1. The Kier molecular flexibility index (Phi) is 7.76. The molecule has 2 amide bonds. The summed E-state index contributed by atoms with van der Waals surface area (Å²) in [7, 11) is -0.598. The minimum atomic E-state index is -3.98. The van der Waals surface area contributed by atoms with Crippen molar-refractivity contribution in [1.82, 2.24) is 18.8 Å². The lowest BCUT2D eigenvalue weighted by Crippen LogP contribution is -2.27. The van der Waals surface area contributed by atoms with Crippen molar-refractivity contribution in [3.8, 4) is 22.3 Å². The van der Waals surface area contributed by atoms with Crippen molar-refractivity contribution in [1.29, 1.82) is 0 Å². The predicted molar refractivity (Wildman–Crippen MR) is 174 cm³/mol. The first-order valence-electron chi connectivity index (χ1n) is 14.5. The molecule has 1 aliphatic heterocycles. The van der Waals surface area contributed by atoms with Crippen molar-refractivity contribution in [3.63, 3.8) is 0 Å². The lowest BCUT2D eigenvalue weighted by molar-refractivity contribution is 0.0827. The minimum absolute atomic E-state index is 0.127. The molecule has 45 heavy (non-hydrogen) atoms. The summed E-state index contributed by atoms with van der Waals surface area (Å²) in [5, 5.41) is 10.0. The molecule has 0 aliphatic carbocycles. The fraction of sp³-hybridized carbons (Fsp3) is 0.171. The van der Waals surface area contributed by atoms with Crippen molar-refractivity contribution in [2.24, 2.45) is 0 Å². The molecule has 1 aliphatic rings. The number of hydrogen-bond donors (Lipinski definition) is 1. The first-order chi connectivity index (χ1) is 21.5. The van der Waals surface area contributed by atoms with Gasteiger partial charge in [-0.1, -0.05) is 54.6 Å². The largest absolute Gasteiger partial charge is 0.465 e. The third-order valence-electron chi connectivity index (χ3n) is 8.08. The molecular formula is C35H32N4O5S. The van der Waals surface area contributed by atoms with Crippen molar-refractivity contribution in [2.45, 2.75) is 24.7 Å². The second-order valence-electron chi connectivity index (χ2n) is 11.3. The lowest BCUT2D eigenvalue weighted by atomic mass is 9.96. The number of hydrogen-bond acceptors (Lipinski definition) is 5. The van der Waals surface area contributed by atoms with Crippen LogP contribution < -0.4 is 0 Å². The molecule has 6 rings (SSSR count). The van der Waals surface area contributed by atoms with E-state index < -0.39 is 16.1 Å². The SMILES string of the molecule is Cc1ccccc1S(=O)(=O)n1cc(-c2ccc(C(=O)N(C)C)cc2)c2cc(-c3ccc(C4=CN(C(=O)O)CCC4)cc3)cnc21. The zero-order chi connectivity index (χ0) is 31.9. The number of rotatable bonds is 6. The van der Waals surface area contributed by atoms with Gasteiger partial charge < -0.3 is 10.0 Å². The van der Waals surface area contributed by atoms with Gasteiger partial charge in [0.2, 0.25) is 0 Å². The molecule has 5 aromatic rings. The number of carboxylic acid groups (broad SMARTS) is 1. The van der Waals surface area contributed by atoms with Crippen molar-refractivity contribution in [3.05, 3.63) is 114 Å². The van der Waals surface area contributed by atoms with E-state index in [1.807, 2.05) is 42.5 Å². The molecule has 0 radical (unpaired) electrons. The van der Waals surface area contributed by atoms with Crippen LogP contribution in [0.4, 0.5) is 4.79 Å². The maximum Gasteiger partial charge on any atom is 0.411 e. The highest BCUT2D eigenvalue weighted by Crippen LogP contribution is 2.36. The number of benzene rings is 3. The van der Waals surface area contributed by atoms with E-state index in [0.717, 1.165) is 40.7 Å². The highest BCUT2D eigenvalue weighted by Gasteiger charge is 2.25. The molecule has 0 spiro atoms. The zero-order valence-electron chi connectivity index (χ0n) is 25.1. The van der Waals surface area contributed by atoms with Gasteiger partial charge in [0.25, 0.3) is 15.9 Å². The van der Waals surface area contributed by atoms with E-state index in [1.54, 1.807) is 76.0 Å². The molecule has 3 aromatic carbocycles. The van der Waals surface area contributed by atoms with Gasteiger partial charge in [-0.05, 0) is 71.9 Å². The Labute approximate surface area is 261 Å². The van der Waals surface area contributed by atoms with Crippen LogP contribution in [0.1, 0.15) is 34.3 Å². The van der Waals surface area contributed by atoms with E-state index >= 15 is 0 Å². The number of amides is 2. The van der Waals surface area contributed by atoms with Crippen LogP contribution in [-0.2, 0) is 10.0 Å². The molecule has 0 unspecified atom stereocenters. The summed E-state index contributed by atoms with van der Waals surface area (Å²) in [6, 6.07) is 23.7. The van der Waals surface area contributed by atoms with Gasteiger partial charge in [-0.25, -0.2) is 22.2 Å². The Hall–Kier alpha value is -5.22. The molecule has 2 aromatic heterocycles. The number of nitrogens with zero attached hydrogens (tertiary/aromatic N) is 4. The maximum atomic E-state index is 14.0. The van der Waals surface area contributed by atoms with Gasteiger partial charge in [0.05, 0.1) is 4.90 Å². The number of carbonyl (C=O) groups is 2. The van der Waals surface area contributed by atoms with Gasteiger partial charge >= 0.3 is 6.09 Å². The van der Waals surface area contributed by atoms with Gasteiger partial charge in [-0.3, -0.25) is 9.69 Å². The summed E-state index contributed by atoms with van der Waals surface area (Å²) in [5.41, 5.74) is 6.44. The summed E-state index contributed by atoms with van der Waals surface area (Å²) >= 11 is 0. The van der Waals surface area contributed by atoms with Crippen molar-refractivity contribution in [2.75, 3.05) is 20.6 Å². The van der Waals surface area contributed by atoms with Gasteiger partial charge in [0.15, 0.2) is 5.65 Å². The summed E-state index contributed by atoms with van der Waals surface area (Å²) in [5.74, 6) is -0.127. The summed E-state index contributed by atoms with van der Waals surface area (Å²) in [6.45, 7) is 2.25.